The van der Waals surface area contributed by atoms with Gasteiger partial charge in [0, 0.05) is 14.6 Å². The maximum absolute atomic E-state index is 12.2. The Morgan fingerprint density at radius 3 is 2.14 bits per heavy atom. The molecule has 0 saturated heterocycles. The van der Waals surface area contributed by atoms with E-state index in [1.165, 1.54) is 12.1 Å². The Morgan fingerprint density at radius 1 is 1.00 bits per heavy atom. The van der Waals surface area contributed by atoms with Gasteiger partial charge in [-0.05, 0) is 36.4 Å². The summed E-state index contributed by atoms with van der Waals surface area (Å²) < 4.78 is 1.41. The summed E-state index contributed by atoms with van der Waals surface area (Å²) in [7, 11) is 0. The second kappa shape index (κ2) is 6.28. The van der Waals surface area contributed by atoms with Crippen LogP contribution in [0, 0.1) is 0 Å². The summed E-state index contributed by atoms with van der Waals surface area (Å²) >= 11 is 6.50. The molecule has 0 aliphatic heterocycles. The van der Waals surface area contributed by atoms with Crippen molar-refractivity contribution < 1.29 is 14.7 Å². The first-order chi connectivity index (χ1) is 9.88. The highest BCUT2D eigenvalue weighted by atomic mass is 79.9. The number of halogens is 2. The number of benzene rings is 2. The third-order valence-corrected chi connectivity index (χ3v) is 3.70. The first kappa shape index (κ1) is 15.5. The molecule has 4 N–H and O–H groups in total. The maximum Gasteiger partial charge on any atom is 0.337 e. The smallest absolute Gasteiger partial charge is 0.337 e. The van der Waals surface area contributed by atoms with E-state index < -0.39 is 11.9 Å². The quantitative estimate of drug-likeness (QED) is 0.668. The molecule has 1 amide bonds. The lowest BCUT2D eigenvalue weighted by Gasteiger charge is -2.10. The van der Waals surface area contributed by atoms with E-state index in [1.807, 2.05) is 0 Å². The van der Waals surface area contributed by atoms with Gasteiger partial charge in [0.15, 0.2) is 0 Å². The summed E-state index contributed by atoms with van der Waals surface area (Å²) in [6, 6.07) is 9.38. The van der Waals surface area contributed by atoms with Gasteiger partial charge in [0.1, 0.15) is 0 Å². The number of anilines is 2. The monoisotopic (exact) mass is 412 g/mol. The number of hydrogen-bond donors (Lipinski definition) is 3. The van der Waals surface area contributed by atoms with Crippen molar-refractivity contribution >= 4 is 55.1 Å². The minimum atomic E-state index is -1.12. The van der Waals surface area contributed by atoms with E-state index in [4.69, 9.17) is 10.8 Å². The molecule has 0 aromatic heterocycles. The first-order valence-corrected chi connectivity index (χ1v) is 7.36. The van der Waals surface area contributed by atoms with Crippen molar-refractivity contribution in [2.24, 2.45) is 0 Å². The maximum atomic E-state index is 12.2. The summed E-state index contributed by atoms with van der Waals surface area (Å²) in [5.74, 6) is -1.60. The van der Waals surface area contributed by atoms with Crippen LogP contribution in [0.3, 0.4) is 0 Å². The fraction of sp³-hybridized carbons (Fsp3) is 0. The molecule has 2 aromatic carbocycles. The number of aromatic carboxylic acids is 1. The van der Waals surface area contributed by atoms with Crippen molar-refractivity contribution in [3.8, 4) is 0 Å². The largest absolute Gasteiger partial charge is 0.478 e. The number of nitrogens with one attached hydrogen (secondary N) is 1. The van der Waals surface area contributed by atoms with Crippen molar-refractivity contribution in [2.45, 2.75) is 0 Å². The number of amides is 1. The van der Waals surface area contributed by atoms with Crippen LogP contribution < -0.4 is 11.1 Å². The molecule has 0 heterocycles. The zero-order chi connectivity index (χ0) is 15.6. The van der Waals surface area contributed by atoms with Crippen LogP contribution in [0.5, 0.6) is 0 Å². The van der Waals surface area contributed by atoms with Gasteiger partial charge in [0.2, 0.25) is 0 Å². The van der Waals surface area contributed by atoms with E-state index in [9.17, 15) is 9.59 Å². The molecule has 0 aliphatic carbocycles. The summed E-state index contributed by atoms with van der Waals surface area (Å²) in [5.41, 5.74) is 6.56. The Balaban J connectivity index is 2.35. The van der Waals surface area contributed by atoms with E-state index >= 15 is 0 Å². The van der Waals surface area contributed by atoms with Crippen molar-refractivity contribution in [1.82, 2.24) is 0 Å². The number of carbonyl (C=O) groups is 2. The van der Waals surface area contributed by atoms with Crippen LogP contribution in [0.2, 0.25) is 0 Å². The fourth-order valence-corrected chi connectivity index (χ4v) is 2.48. The Hall–Kier alpha value is -1.86. The Kier molecular flexibility index (Phi) is 4.64. The van der Waals surface area contributed by atoms with Crippen molar-refractivity contribution in [3.63, 3.8) is 0 Å². The molecular formula is C14H10Br2N2O3. The van der Waals surface area contributed by atoms with Gasteiger partial charge in [-0.3, -0.25) is 4.79 Å². The number of carbonyl (C=O) groups excluding carboxylic acids is 1. The van der Waals surface area contributed by atoms with Gasteiger partial charge < -0.3 is 16.2 Å². The summed E-state index contributed by atoms with van der Waals surface area (Å²) in [6.45, 7) is 0. The van der Waals surface area contributed by atoms with E-state index in [0.29, 0.717) is 10.2 Å². The van der Waals surface area contributed by atoms with Gasteiger partial charge in [0.25, 0.3) is 5.91 Å². The molecule has 0 atom stereocenters. The number of carboxylic acids is 1. The molecule has 108 valence electrons. The summed E-state index contributed by atoms with van der Waals surface area (Å²) in [6.07, 6.45) is 0. The number of rotatable bonds is 3. The van der Waals surface area contributed by atoms with Gasteiger partial charge >= 0.3 is 5.97 Å². The Morgan fingerprint density at radius 2 is 1.57 bits per heavy atom. The van der Waals surface area contributed by atoms with Crippen LogP contribution in [0.25, 0.3) is 0 Å². The van der Waals surface area contributed by atoms with E-state index in [1.54, 1.807) is 24.3 Å². The van der Waals surface area contributed by atoms with E-state index in [-0.39, 0.29) is 16.8 Å². The Labute approximate surface area is 137 Å². The predicted octanol–water partition coefficient (Wildman–Crippen LogP) is 3.74. The number of carboxylic acid groups (broad SMARTS) is 1. The average Bonchev–Trinajstić information content (AvgIpc) is 2.37. The highest BCUT2D eigenvalue weighted by Gasteiger charge is 2.15. The molecule has 0 spiro atoms. The molecule has 0 saturated carbocycles. The van der Waals surface area contributed by atoms with Gasteiger partial charge in [-0.25, -0.2) is 4.79 Å². The van der Waals surface area contributed by atoms with Crippen LogP contribution in [0.15, 0.2) is 45.3 Å². The van der Waals surface area contributed by atoms with Crippen LogP contribution in [-0.4, -0.2) is 17.0 Å². The van der Waals surface area contributed by atoms with Crippen molar-refractivity contribution in [1.29, 1.82) is 0 Å². The minimum absolute atomic E-state index is 0.00207. The topological polar surface area (TPSA) is 92.4 Å². The van der Waals surface area contributed by atoms with E-state index in [2.05, 4.69) is 37.2 Å². The van der Waals surface area contributed by atoms with Gasteiger partial charge in [0.05, 0.1) is 16.8 Å². The molecule has 5 nitrogen and oxygen atoms in total. The molecule has 2 aromatic rings. The van der Waals surface area contributed by atoms with Crippen molar-refractivity contribution in [2.75, 3.05) is 11.1 Å². The molecule has 21 heavy (non-hydrogen) atoms. The molecular weight excluding hydrogens is 404 g/mol. The number of nitrogen functional groups attached to an aromatic ring is 1. The molecule has 2 rings (SSSR count). The molecule has 0 aliphatic rings. The molecule has 0 bridgehead atoms. The average molecular weight is 414 g/mol. The van der Waals surface area contributed by atoms with Crippen LogP contribution >= 0.6 is 31.9 Å². The van der Waals surface area contributed by atoms with Crippen LogP contribution in [0.4, 0.5) is 11.4 Å². The molecule has 7 heteroatoms. The number of hydrogen-bond acceptors (Lipinski definition) is 3. The van der Waals surface area contributed by atoms with Crippen LogP contribution in [0.1, 0.15) is 20.7 Å². The molecule has 0 unspecified atom stereocenters. The zero-order valence-electron chi connectivity index (χ0n) is 10.6. The minimum Gasteiger partial charge on any atom is -0.478 e. The first-order valence-electron chi connectivity index (χ1n) is 5.77. The van der Waals surface area contributed by atoms with Gasteiger partial charge in [-0.1, -0.05) is 31.9 Å². The highest BCUT2D eigenvalue weighted by Crippen LogP contribution is 2.24. The fourth-order valence-electron chi connectivity index (χ4n) is 1.74. The Bertz CT molecular complexity index is 732. The third kappa shape index (κ3) is 3.62. The lowest BCUT2D eigenvalue weighted by atomic mass is 10.1. The van der Waals surface area contributed by atoms with Crippen molar-refractivity contribution in [3.05, 3.63) is 56.5 Å². The van der Waals surface area contributed by atoms with Gasteiger partial charge in [-0.2, -0.15) is 0 Å². The van der Waals surface area contributed by atoms with E-state index in [0.717, 1.165) is 4.47 Å². The second-order valence-electron chi connectivity index (χ2n) is 4.18. The molecule has 0 radical (unpaired) electrons. The lowest BCUT2D eigenvalue weighted by molar-refractivity contribution is 0.0698. The van der Waals surface area contributed by atoms with Gasteiger partial charge in [-0.15, -0.1) is 0 Å². The van der Waals surface area contributed by atoms with Crippen LogP contribution in [-0.2, 0) is 0 Å². The zero-order valence-corrected chi connectivity index (χ0v) is 13.7. The summed E-state index contributed by atoms with van der Waals surface area (Å²) in [5, 5.41) is 11.7. The highest BCUT2D eigenvalue weighted by molar-refractivity contribution is 9.10. The molecule has 0 fully saturated rings. The second-order valence-corrected chi connectivity index (χ2v) is 6.01. The lowest BCUT2D eigenvalue weighted by Crippen LogP contribution is -2.16. The predicted molar refractivity (Wildman–Crippen MR) is 87.6 cm³/mol. The standard InChI is InChI=1S/C14H10Br2N2O3/c15-7-1-3-9(11(17)5-7)13(19)18-12-6-8(16)2-4-10(12)14(20)21/h1-6H,17H2,(H,18,19)(H,20,21). The normalized spacial score (nSPS) is 10.2. The summed E-state index contributed by atoms with van der Waals surface area (Å²) in [4.78, 5) is 23.4. The number of nitrogens with two attached hydrogens (primary N) is 1. The SMILES string of the molecule is Nc1cc(Br)ccc1C(=O)Nc1cc(Br)ccc1C(=O)O. The third-order valence-electron chi connectivity index (χ3n) is 2.72.